The first kappa shape index (κ1) is 13.6. The quantitative estimate of drug-likeness (QED) is 0.832. The highest BCUT2D eigenvalue weighted by atomic mass is 32.2. The van der Waals surface area contributed by atoms with Crippen LogP contribution in [0.4, 0.5) is 5.69 Å². The van der Waals surface area contributed by atoms with E-state index in [4.69, 9.17) is 10.4 Å². The lowest BCUT2D eigenvalue weighted by molar-refractivity contribution is -0.113. The Morgan fingerprint density at radius 3 is 2.94 bits per heavy atom. The molecule has 0 aliphatic heterocycles. The van der Waals surface area contributed by atoms with Gasteiger partial charge >= 0.3 is 0 Å². The van der Waals surface area contributed by atoms with E-state index in [0.717, 1.165) is 0 Å². The number of aliphatic hydroxyl groups is 1. The van der Waals surface area contributed by atoms with Crippen LogP contribution in [-0.4, -0.2) is 28.6 Å². The van der Waals surface area contributed by atoms with Gasteiger partial charge in [0, 0.05) is 5.25 Å². The average molecular weight is 250 g/mol. The summed E-state index contributed by atoms with van der Waals surface area (Å²) in [6, 6.07) is 8.87. The van der Waals surface area contributed by atoms with Gasteiger partial charge in [0.05, 0.1) is 23.6 Å². The Hall–Kier alpha value is -1.51. The number of hydrogen-bond acceptors (Lipinski definition) is 4. The molecule has 1 aromatic rings. The van der Waals surface area contributed by atoms with Crippen molar-refractivity contribution in [3.63, 3.8) is 0 Å². The largest absolute Gasteiger partial charge is 0.395 e. The molecule has 0 aromatic heterocycles. The fraction of sp³-hybridized carbons (Fsp3) is 0.333. The molecule has 0 spiro atoms. The number of carbonyl (C=O) groups excluding carboxylic acids is 1. The van der Waals surface area contributed by atoms with Crippen LogP contribution in [0.5, 0.6) is 0 Å². The highest BCUT2D eigenvalue weighted by Crippen LogP contribution is 2.15. The van der Waals surface area contributed by atoms with Gasteiger partial charge in [-0.05, 0) is 12.1 Å². The number of nitriles is 1. The Bertz CT molecular complexity index is 429. The Morgan fingerprint density at radius 1 is 1.59 bits per heavy atom. The standard InChI is InChI=1S/C12H14N2O2S/c1-9(7-15)17-8-12(16)14-11-5-3-2-4-10(11)6-13/h2-5,9,15H,7-8H2,1H3,(H,14,16). The zero-order valence-electron chi connectivity index (χ0n) is 9.51. The van der Waals surface area contributed by atoms with E-state index >= 15 is 0 Å². The first-order valence-electron chi connectivity index (χ1n) is 5.18. The number of aliphatic hydroxyl groups excluding tert-OH is 1. The monoisotopic (exact) mass is 250 g/mol. The SMILES string of the molecule is CC(CO)SCC(=O)Nc1ccccc1C#N. The molecule has 1 amide bonds. The van der Waals surface area contributed by atoms with E-state index in [1.807, 2.05) is 13.0 Å². The molecule has 1 unspecified atom stereocenters. The average Bonchev–Trinajstić information content (AvgIpc) is 2.36. The van der Waals surface area contributed by atoms with Crippen LogP contribution in [0.25, 0.3) is 0 Å². The fourth-order valence-corrected chi connectivity index (χ4v) is 1.76. The third-order valence-electron chi connectivity index (χ3n) is 2.08. The highest BCUT2D eigenvalue weighted by Gasteiger charge is 2.08. The van der Waals surface area contributed by atoms with Crippen LogP contribution in [0.3, 0.4) is 0 Å². The van der Waals surface area contributed by atoms with Crippen molar-refractivity contribution in [2.45, 2.75) is 12.2 Å². The molecule has 0 aliphatic carbocycles. The summed E-state index contributed by atoms with van der Waals surface area (Å²) < 4.78 is 0. The smallest absolute Gasteiger partial charge is 0.234 e. The molecule has 17 heavy (non-hydrogen) atoms. The Kier molecular flexibility index (Phi) is 5.53. The van der Waals surface area contributed by atoms with E-state index in [0.29, 0.717) is 11.3 Å². The Labute approximate surface area is 105 Å². The van der Waals surface area contributed by atoms with Gasteiger partial charge in [-0.1, -0.05) is 19.1 Å². The molecule has 2 N–H and O–H groups in total. The summed E-state index contributed by atoms with van der Waals surface area (Å²) in [5.74, 6) is 0.0968. The van der Waals surface area contributed by atoms with Crippen LogP contribution < -0.4 is 5.32 Å². The number of thioether (sulfide) groups is 1. The second kappa shape index (κ2) is 6.94. The van der Waals surface area contributed by atoms with Crippen molar-refractivity contribution in [2.24, 2.45) is 0 Å². The maximum atomic E-state index is 11.6. The van der Waals surface area contributed by atoms with Crippen LogP contribution >= 0.6 is 11.8 Å². The van der Waals surface area contributed by atoms with Crippen molar-refractivity contribution in [2.75, 3.05) is 17.7 Å². The maximum Gasteiger partial charge on any atom is 0.234 e. The van der Waals surface area contributed by atoms with Gasteiger partial charge in [0.25, 0.3) is 0 Å². The first-order valence-corrected chi connectivity index (χ1v) is 6.23. The third kappa shape index (κ3) is 4.47. The summed E-state index contributed by atoms with van der Waals surface area (Å²) in [6.07, 6.45) is 0. The molecule has 0 aliphatic rings. The van der Waals surface area contributed by atoms with E-state index in [9.17, 15) is 4.79 Å². The van der Waals surface area contributed by atoms with Gasteiger partial charge in [-0.3, -0.25) is 4.79 Å². The summed E-state index contributed by atoms with van der Waals surface area (Å²) in [6.45, 7) is 1.90. The van der Waals surface area contributed by atoms with Crippen LogP contribution in [0.2, 0.25) is 0 Å². The van der Waals surface area contributed by atoms with Crippen LogP contribution in [0, 0.1) is 11.3 Å². The van der Waals surface area contributed by atoms with Crippen molar-refractivity contribution in [1.29, 1.82) is 5.26 Å². The van der Waals surface area contributed by atoms with Gasteiger partial charge in [0.1, 0.15) is 6.07 Å². The van der Waals surface area contributed by atoms with Gasteiger partial charge in [0.2, 0.25) is 5.91 Å². The third-order valence-corrected chi connectivity index (χ3v) is 3.22. The molecule has 1 aromatic carbocycles. The van der Waals surface area contributed by atoms with Crippen molar-refractivity contribution in [1.82, 2.24) is 0 Å². The summed E-state index contributed by atoms with van der Waals surface area (Å²) in [5, 5.41) is 20.4. The van der Waals surface area contributed by atoms with Gasteiger partial charge in [-0.25, -0.2) is 0 Å². The summed E-state index contributed by atoms with van der Waals surface area (Å²) in [5.41, 5.74) is 0.971. The molecule has 0 heterocycles. The van der Waals surface area contributed by atoms with Gasteiger partial charge in [-0.15, -0.1) is 11.8 Å². The van der Waals surface area contributed by atoms with E-state index in [1.165, 1.54) is 11.8 Å². The van der Waals surface area contributed by atoms with Crippen LogP contribution in [0.15, 0.2) is 24.3 Å². The minimum Gasteiger partial charge on any atom is -0.395 e. The molecule has 0 radical (unpaired) electrons. The van der Waals surface area contributed by atoms with Crippen molar-refractivity contribution in [3.8, 4) is 6.07 Å². The Balaban J connectivity index is 2.54. The van der Waals surface area contributed by atoms with E-state index in [2.05, 4.69) is 5.32 Å². The molecule has 4 nitrogen and oxygen atoms in total. The first-order chi connectivity index (χ1) is 8.17. The second-order valence-corrected chi connectivity index (χ2v) is 4.94. The molecule has 5 heteroatoms. The molecular weight excluding hydrogens is 236 g/mol. The molecule has 90 valence electrons. The number of benzene rings is 1. The lowest BCUT2D eigenvalue weighted by Crippen LogP contribution is -2.17. The number of nitrogens with zero attached hydrogens (tertiary/aromatic N) is 1. The van der Waals surface area contributed by atoms with Crippen molar-refractivity contribution >= 4 is 23.4 Å². The fourth-order valence-electron chi connectivity index (χ4n) is 1.15. The molecule has 1 rings (SSSR count). The van der Waals surface area contributed by atoms with Crippen LogP contribution in [0.1, 0.15) is 12.5 Å². The minimum atomic E-state index is -0.169. The van der Waals surface area contributed by atoms with Crippen molar-refractivity contribution < 1.29 is 9.90 Å². The van der Waals surface area contributed by atoms with E-state index in [-0.39, 0.29) is 23.5 Å². The summed E-state index contributed by atoms with van der Waals surface area (Å²) in [7, 11) is 0. The molecule has 1 atom stereocenters. The molecule has 0 saturated heterocycles. The molecular formula is C12H14N2O2S. The summed E-state index contributed by atoms with van der Waals surface area (Å²) >= 11 is 1.37. The molecule has 0 saturated carbocycles. The van der Waals surface area contributed by atoms with E-state index in [1.54, 1.807) is 24.3 Å². The predicted octanol–water partition coefficient (Wildman–Crippen LogP) is 1.61. The minimum absolute atomic E-state index is 0.0342. The number of nitrogens with one attached hydrogen (secondary N) is 1. The topological polar surface area (TPSA) is 73.1 Å². The lowest BCUT2D eigenvalue weighted by Gasteiger charge is -2.09. The zero-order valence-corrected chi connectivity index (χ0v) is 10.3. The maximum absolute atomic E-state index is 11.6. The number of carbonyl (C=O) groups is 1. The number of rotatable bonds is 5. The number of hydrogen-bond donors (Lipinski definition) is 2. The zero-order chi connectivity index (χ0) is 12.7. The number of anilines is 1. The Morgan fingerprint density at radius 2 is 2.29 bits per heavy atom. The van der Waals surface area contributed by atoms with Crippen molar-refractivity contribution in [3.05, 3.63) is 29.8 Å². The number of amides is 1. The second-order valence-electron chi connectivity index (χ2n) is 3.51. The predicted molar refractivity (Wildman–Crippen MR) is 68.8 cm³/mol. The molecule has 0 bridgehead atoms. The number of para-hydroxylation sites is 1. The van der Waals surface area contributed by atoms with Gasteiger partial charge in [-0.2, -0.15) is 5.26 Å². The van der Waals surface area contributed by atoms with E-state index < -0.39 is 0 Å². The molecule has 0 fully saturated rings. The highest BCUT2D eigenvalue weighted by molar-refractivity contribution is 8.00. The van der Waals surface area contributed by atoms with Gasteiger partial charge < -0.3 is 10.4 Å². The normalized spacial score (nSPS) is 11.6. The van der Waals surface area contributed by atoms with Crippen LogP contribution in [-0.2, 0) is 4.79 Å². The van der Waals surface area contributed by atoms with Gasteiger partial charge in [0.15, 0.2) is 0 Å². The lowest BCUT2D eigenvalue weighted by atomic mass is 10.2. The summed E-state index contributed by atoms with van der Waals surface area (Å²) in [4.78, 5) is 11.6.